The maximum absolute atomic E-state index is 13.0. The van der Waals surface area contributed by atoms with Crippen LogP contribution in [0.2, 0.25) is 0 Å². The number of amides is 2. The molecule has 0 radical (unpaired) electrons. The molecule has 25 heavy (non-hydrogen) atoms. The molecule has 0 aliphatic carbocycles. The van der Waals surface area contributed by atoms with Gasteiger partial charge in [-0.2, -0.15) is 0 Å². The average Bonchev–Trinajstić information content (AvgIpc) is 2.60. The summed E-state index contributed by atoms with van der Waals surface area (Å²) in [5.74, 6) is -3.03. The molecule has 2 aromatic carbocycles. The third-order valence-corrected chi connectivity index (χ3v) is 5.35. The molecule has 4 rings (SSSR count). The van der Waals surface area contributed by atoms with E-state index in [1.54, 1.807) is 43.3 Å². The lowest BCUT2D eigenvalue weighted by Gasteiger charge is -2.41. The lowest BCUT2D eigenvalue weighted by atomic mass is 9.72. The third-order valence-electron chi connectivity index (χ3n) is 4.82. The molecule has 2 heterocycles. The van der Waals surface area contributed by atoms with E-state index < -0.39 is 29.6 Å². The van der Waals surface area contributed by atoms with Gasteiger partial charge in [0.15, 0.2) is 0 Å². The minimum absolute atomic E-state index is 0.307. The summed E-state index contributed by atoms with van der Waals surface area (Å²) >= 11 is 3.33. The van der Waals surface area contributed by atoms with E-state index in [1.807, 2.05) is 12.1 Å². The highest BCUT2D eigenvalue weighted by Crippen LogP contribution is 2.46. The molecule has 0 spiro atoms. The summed E-state index contributed by atoms with van der Waals surface area (Å²) in [7, 11) is 0. The molecule has 0 bridgehead atoms. The van der Waals surface area contributed by atoms with E-state index in [0.717, 1.165) is 14.9 Å². The molecule has 5 nitrogen and oxygen atoms in total. The highest BCUT2D eigenvalue weighted by atomic mass is 79.9. The van der Waals surface area contributed by atoms with Crippen molar-refractivity contribution in [2.24, 2.45) is 11.8 Å². The first-order valence-corrected chi connectivity index (χ1v) is 8.72. The number of carbonyl (C=O) groups excluding carboxylic acids is 3. The van der Waals surface area contributed by atoms with Gasteiger partial charge in [-0.25, -0.2) is 4.90 Å². The SMILES string of the molecule is C[C@H]1C(=O)N(c2ccc(Br)cc2)C(=O)[C@H]2C(=O)Oc3ccccc3[C@H]21. The molecule has 126 valence electrons. The summed E-state index contributed by atoms with van der Waals surface area (Å²) in [6.07, 6.45) is 0. The van der Waals surface area contributed by atoms with Crippen LogP contribution in [0.1, 0.15) is 18.4 Å². The van der Waals surface area contributed by atoms with Gasteiger partial charge in [0, 0.05) is 21.9 Å². The zero-order chi connectivity index (χ0) is 17.7. The Balaban J connectivity index is 1.81. The Kier molecular flexibility index (Phi) is 3.72. The molecule has 2 aromatic rings. The number of rotatable bonds is 1. The molecule has 1 saturated heterocycles. The van der Waals surface area contributed by atoms with E-state index in [-0.39, 0.29) is 5.91 Å². The van der Waals surface area contributed by atoms with E-state index in [2.05, 4.69) is 15.9 Å². The van der Waals surface area contributed by atoms with Gasteiger partial charge in [-0.05, 0) is 30.3 Å². The van der Waals surface area contributed by atoms with Crippen LogP contribution in [0.5, 0.6) is 5.75 Å². The van der Waals surface area contributed by atoms with Crippen molar-refractivity contribution < 1.29 is 19.1 Å². The number of anilines is 1. The molecular weight excluding hydrogens is 386 g/mol. The number of imide groups is 1. The Morgan fingerprint density at radius 2 is 1.64 bits per heavy atom. The minimum Gasteiger partial charge on any atom is -0.426 e. The van der Waals surface area contributed by atoms with Crippen molar-refractivity contribution in [2.45, 2.75) is 12.8 Å². The molecule has 2 aliphatic rings. The van der Waals surface area contributed by atoms with Crippen molar-refractivity contribution in [1.82, 2.24) is 0 Å². The lowest BCUT2D eigenvalue weighted by Crippen LogP contribution is -2.57. The molecule has 0 N–H and O–H groups in total. The molecule has 0 unspecified atom stereocenters. The van der Waals surface area contributed by atoms with Crippen LogP contribution < -0.4 is 9.64 Å². The maximum Gasteiger partial charge on any atom is 0.324 e. The predicted molar refractivity (Wildman–Crippen MR) is 94.1 cm³/mol. The number of ether oxygens (including phenoxy) is 1. The minimum atomic E-state index is -1.01. The Labute approximate surface area is 152 Å². The molecule has 1 fully saturated rings. The average molecular weight is 400 g/mol. The molecule has 6 heteroatoms. The standard InChI is InChI=1S/C19H14BrNO4/c1-10-15-13-4-2-3-5-14(13)25-19(24)16(15)18(23)21(17(10)22)12-8-6-11(20)7-9-12/h2-10,15-16H,1H3/t10-,15-,16+/m1/s1. The Morgan fingerprint density at radius 3 is 2.36 bits per heavy atom. The maximum atomic E-state index is 13.0. The van der Waals surface area contributed by atoms with Crippen molar-refractivity contribution in [2.75, 3.05) is 4.90 Å². The number of benzene rings is 2. The van der Waals surface area contributed by atoms with Crippen molar-refractivity contribution in [3.8, 4) is 5.75 Å². The van der Waals surface area contributed by atoms with Crippen LogP contribution in [0.4, 0.5) is 5.69 Å². The number of halogens is 1. The van der Waals surface area contributed by atoms with Gasteiger partial charge in [-0.15, -0.1) is 0 Å². The quantitative estimate of drug-likeness (QED) is 0.319. The van der Waals surface area contributed by atoms with Crippen LogP contribution in [0, 0.1) is 11.8 Å². The second-order valence-electron chi connectivity index (χ2n) is 6.24. The lowest BCUT2D eigenvalue weighted by molar-refractivity contribution is -0.151. The summed E-state index contributed by atoms with van der Waals surface area (Å²) in [4.78, 5) is 39.5. The Bertz CT molecular complexity index is 893. The summed E-state index contributed by atoms with van der Waals surface area (Å²) in [5.41, 5.74) is 1.19. The van der Waals surface area contributed by atoms with Crippen molar-refractivity contribution in [3.05, 3.63) is 58.6 Å². The van der Waals surface area contributed by atoms with E-state index in [0.29, 0.717) is 11.4 Å². The Morgan fingerprint density at radius 1 is 0.960 bits per heavy atom. The van der Waals surface area contributed by atoms with E-state index in [4.69, 9.17) is 4.74 Å². The largest absolute Gasteiger partial charge is 0.426 e. The monoisotopic (exact) mass is 399 g/mol. The second-order valence-corrected chi connectivity index (χ2v) is 7.16. The summed E-state index contributed by atoms with van der Waals surface area (Å²) in [5, 5.41) is 0. The van der Waals surface area contributed by atoms with Crippen LogP contribution in [0.25, 0.3) is 0 Å². The fourth-order valence-electron chi connectivity index (χ4n) is 3.61. The van der Waals surface area contributed by atoms with Crippen LogP contribution in [-0.2, 0) is 14.4 Å². The van der Waals surface area contributed by atoms with Gasteiger partial charge >= 0.3 is 5.97 Å². The number of esters is 1. The highest BCUT2D eigenvalue weighted by molar-refractivity contribution is 9.10. The summed E-state index contributed by atoms with van der Waals surface area (Å²) in [6.45, 7) is 1.76. The number of hydrogen-bond donors (Lipinski definition) is 0. The van der Waals surface area contributed by atoms with Gasteiger partial charge < -0.3 is 4.74 Å². The van der Waals surface area contributed by atoms with Gasteiger partial charge in [0.05, 0.1) is 5.69 Å². The number of para-hydroxylation sites is 1. The zero-order valence-corrected chi connectivity index (χ0v) is 14.9. The zero-order valence-electron chi connectivity index (χ0n) is 13.3. The fourth-order valence-corrected chi connectivity index (χ4v) is 3.87. The number of piperidine rings is 1. The molecule has 0 saturated carbocycles. The smallest absolute Gasteiger partial charge is 0.324 e. The van der Waals surface area contributed by atoms with Crippen LogP contribution in [0.3, 0.4) is 0 Å². The van der Waals surface area contributed by atoms with E-state index in [1.165, 1.54) is 0 Å². The van der Waals surface area contributed by atoms with Gasteiger partial charge in [0.1, 0.15) is 11.7 Å². The molecular formula is C19H14BrNO4. The molecule has 0 aromatic heterocycles. The molecule has 2 aliphatic heterocycles. The summed E-state index contributed by atoms with van der Waals surface area (Å²) < 4.78 is 6.19. The molecule has 2 amide bonds. The van der Waals surface area contributed by atoms with Crippen molar-refractivity contribution in [3.63, 3.8) is 0 Å². The van der Waals surface area contributed by atoms with E-state index >= 15 is 0 Å². The van der Waals surface area contributed by atoms with Gasteiger partial charge in [-0.1, -0.05) is 41.1 Å². The number of hydrogen-bond acceptors (Lipinski definition) is 4. The first kappa shape index (κ1) is 16.0. The van der Waals surface area contributed by atoms with Gasteiger partial charge in [-0.3, -0.25) is 14.4 Å². The number of carbonyl (C=O) groups is 3. The Hall–Kier alpha value is -2.47. The number of nitrogens with zero attached hydrogens (tertiary/aromatic N) is 1. The second kappa shape index (κ2) is 5.81. The third kappa shape index (κ3) is 2.40. The first-order valence-electron chi connectivity index (χ1n) is 7.93. The van der Waals surface area contributed by atoms with Gasteiger partial charge in [0.2, 0.25) is 11.8 Å². The summed E-state index contributed by atoms with van der Waals surface area (Å²) in [6, 6.07) is 13.9. The predicted octanol–water partition coefficient (Wildman–Crippen LogP) is 3.28. The normalized spacial score (nSPS) is 25.3. The van der Waals surface area contributed by atoms with Crippen molar-refractivity contribution >= 4 is 39.4 Å². The van der Waals surface area contributed by atoms with Crippen LogP contribution in [0.15, 0.2) is 53.0 Å². The van der Waals surface area contributed by atoms with Gasteiger partial charge in [0.25, 0.3) is 0 Å². The first-order chi connectivity index (χ1) is 12.0. The van der Waals surface area contributed by atoms with E-state index in [9.17, 15) is 14.4 Å². The van der Waals surface area contributed by atoms with Crippen molar-refractivity contribution in [1.29, 1.82) is 0 Å². The van der Waals surface area contributed by atoms with Crippen LogP contribution >= 0.6 is 15.9 Å². The number of fused-ring (bicyclic) bond motifs is 3. The topological polar surface area (TPSA) is 63.7 Å². The highest BCUT2D eigenvalue weighted by Gasteiger charge is 2.54. The molecule has 3 atom stereocenters. The fraction of sp³-hybridized carbons (Fsp3) is 0.211. The van der Waals surface area contributed by atoms with Crippen LogP contribution in [-0.4, -0.2) is 17.8 Å².